The van der Waals surface area contributed by atoms with Gasteiger partial charge >= 0.3 is 0 Å². The number of halogens is 2. The van der Waals surface area contributed by atoms with Crippen molar-refractivity contribution in [2.75, 3.05) is 26.2 Å². The van der Waals surface area contributed by atoms with Crippen molar-refractivity contribution < 1.29 is 9.18 Å². The molecule has 1 aliphatic rings. The summed E-state index contributed by atoms with van der Waals surface area (Å²) in [5.74, 6) is -0.868. The third-order valence-corrected chi connectivity index (χ3v) is 4.54. The number of benzene rings is 2. The summed E-state index contributed by atoms with van der Waals surface area (Å²) in [4.78, 5) is 16.4. The van der Waals surface area contributed by atoms with E-state index in [1.54, 1.807) is 17.0 Å². The summed E-state index contributed by atoms with van der Waals surface area (Å²) in [6, 6.07) is 13.6. The topological polar surface area (TPSA) is 47.3 Å². The Kier molecular flexibility index (Phi) is 5.32. The first-order chi connectivity index (χ1) is 12.1. The molecule has 0 unspecified atom stereocenters. The van der Waals surface area contributed by atoms with Crippen LogP contribution in [0.15, 0.2) is 42.5 Å². The summed E-state index contributed by atoms with van der Waals surface area (Å²) >= 11 is 5.87. The minimum Gasteiger partial charge on any atom is -0.336 e. The van der Waals surface area contributed by atoms with Crippen LogP contribution in [0.2, 0.25) is 5.02 Å². The van der Waals surface area contributed by atoms with E-state index in [1.165, 1.54) is 18.2 Å². The Morgan fingerprint density at radius 2 is 1.80 bits per heavy atom. The standard InChI is InChI=1S/C19H17ClFN3O/c20-16-5-6-18(21)17(11-16)19(25)24-9-7-23(8-10-24)13-15-3-1-14(12-22)2-4-15/h1-6,11H,7-10,13H2. The molecule has 1 aliphatic heterocycles. The van der Waals surface area contributed by atoms with Crippen LogP contribution in [0.4, 0.5) is 4.39 Å². The van der Waals surface area contributed by atoms with E-state index in [0.29, 0.717) is 36.8 Å². The zero-order valence-corrected chi connectivity index (χ0v) is 14.3. The quantitative estimate of drug-likeness (QED) is 0.846. The lowest BCUT2D eigenvalue weighted by atomic mass is 10.1. The average Bonchev–Trinajstić information content (AvgIpc) is 2.64. The van der Waals surface area contributed by atoms with E-state index in [2.05, 4.69) is 11.0 Å². The van der Waals surface area contributed by atoms with Crippen LogP contribution >= 0.6 is 11.6 Å². The monoisotopic (exact) mass is 357 g/mol. The third kappa shape index (κ3) is 4.16. The molecule has 0 aromatic heterocycles. The van der Waals surface area contributed by atoms with Gasteiger partial charge in [0.05, 0.1) is 17.2 Å². The number of amides is 1. The van der Waals surface area contributed by atoms with Crippen molar-refractivity contribution in [3.8, 4) is 6.07 Å². The maximum Gasteiger partial charge on any atom is 0.256 e. The Balaban J connectivity index is 1.58. The highest BCUT2D eigenvalue weighted by molar-refractivity contribution is 6.31. The van der Waals surface area contributed by atoms with Gasteiger partial charge in [0.15, 0.2) is 0 Å². The predicted octanol–water partition coefficient (Wildman–Crippen LogP) is 3.31. The smallest absolute Gasteiger partial charge is 0.256 e. The highest BCUT2D eigenvalue weighted by Gasteiger charge is 2.24. The molecule has 0 atom stereocenters. The van der Waals surface area contributed by atoms with Crippen LogP contribution in [-0.2, 0) is 6.54 Å². The molecule has 0 spiro atoms. The van der Waals surface area contributed by atoms with E-state index >= 15 is 0 Å². The van der Waals surface area contributed by atoms with E-state index in [9.17, 15) is 9.18 Å². The van der Waals surface area contributed by atoms with Gasteiger partial charge in [-0.05, 0) is 35.9 Å². The fourth-order valence-electron chi connectivity index (χ4n) is 2.88. The van der Waals surface area contributed by atoms with E-state index < -0.39 is 5.82 Å². The first-order valence-electron chi connectivity index (χ1n) is 8.02. The molecule has 0 N–H and O–H groups in total. The number of rotatable bonds is 3. The Bertz CT molecular complexity index is 808. The molecule has 1 fully saturated rings. The third-order valence-electron chi connectivity index (χ3n) is 4.31. The van der Waals surface area contributed by atoms with Crippen LogP contribution in [0, 0.1) is 17.1 Å². The van der Waals surface area contributed by atoms with Crippen molar-refractivity contribution in [2.45, 2.75) is 6.54 Å². The lowest BCUT2D eigenvalue weighted by Gasteiger charge is -2.34. The van der Waals surface area contributed by atoms with Gasteiger partial charge in [-0.25, -0.2) is 4.39 Å². The van der Waals surface area contributed by atoms with Gasteiger partial charge < -0.3 is 4.90 Å². The summed E-state index contributed by atoms with van der Waals surface area (Å²) in [6.07, 6.45) is 0. The minimum atomic E-state index is -0.547. The molecule has 1 saturated heterocycles. The Morgan fingerprint density at radius 1 is 1.12 bits per heavy atom. The van der Waals surface area contributed by atoms with E-state index in [4.69, 9.17) is 16.9 Å². The van der Waals surface area contributed by atoms with Gasteiger partial charge in [-0.15, -0.1) is 0 Å². The first-order valence-corrected chi connectivity index (χ1v) is 8.40. The SMILES string of the molecule is N#Cc1ccc(CN2CCN(C(=O)c3cc(Cl)ccc3F)CC2)cc1. The van der Waals surface area contributed by atoms with Crippen LogP contribution < -0.4 is 0 Å². The summed E-state index contributed by atoms with van der Waals surface area (Å²) < 4.78 is 13.9. The normalized spacial score (nSPS) is 15.0. The Hall–Kier alpha value is -2.42. The summed E-state index contributed by atoms with van der Waals surface area (Å²) in [7, 11) is 0. The summed E-state index contributed by atoms with van der Waals surface area (Å²) in [6.45, 7) is 3.28. The van der Waals surface area contributed by atoms with E-state index in [-0.39, 0.29) is 11.5 Å². The highest BCUT2D eigenvalue weighted by atomic mass is 35.5. The molecular formula is C19H17ClFN3O. The van der Waals surface area contributed by atoms with Gasteiger partial charge in [-0.1, -0.05) is 23.7 Å². The van der Waals surface area contributed by atoms with Gasteiger partial charge in [0.25, 0.3) is 5.91 Å². The van der Waals surface area contributed by atoms with Crippen LogP contribution in [0.5, 0.6) is 0 Å². The van der Waals surface area contributed by atoms with Crippen LogP contribution in [0.1, 0.15) is 21.5 Å². The molecule has 0 aliphatic carbocycles. The minimum absolute atomic E-state index is 0.0213. The molecule has 4 nitrogen and oxygen atoms in total. The fraction of sp³-hybridized carbons (Fsp3) is 0.263. The fourth-order valence-corrected chi connectivity index (χ4v) is 3.06. The Labute approximate surface area is 151 Å². The van der Waals surface area contributed by atoms with Crippen molar-refractivity contribution in [3.05, 3.63) is 70.0 Å². The van der Waals surface area contributed by atoms with Gasteiger partial charge in [-0.3, -0.25) is 9.69 Å². The van der Waals surface area contributed by atoms with Gasteiger partial charge in [-0.2, -0.15) is 5.26 Å². The van der Waals surface area contributed by atoms with Crippen molar-refractivity contribution in [2.24, 2.45) is 0 Å². The van der Waals surface area contributed by atoms with Crippen molar-refractivity contribution in [1.82, 2.24) is 9.80 Å². The number of hydrogen-bond donors (Lipinski definition) is 0. The molecule has 0 radical (unpaired) electrons. The zero-order valence-electron chi connectivity index (χ0n) is 13.6. The number of piperazine rings is 1. The van der Waals surface area contributed by atoms with Gasteiger partial charge in [0.2, 0.25) is 0 Å². The number of hydrogen-bond acceptors (Lipinski definition) is 3. The van der Waals surface area contributed by atoms with Crippen LogP contribution in [-0.4, -0.2) is 41.9 Å². The zero-order chi connectivity index (χ0) is 17.8. The molecular weight excluding hydrogens is 341 g/mol. The second-order valence-corrected chi connectivity index (χ2v) is 6.44. The van der Waals surface area contributed by atoms with Crippen LogP contribution in [0.25, 0.3) is 0 Å². The largest absolute Gasteiger partial charge is 0.336 e. The average molecular weight is 358 g/mol. The molecule has 2 aromatic rings. The lowest BCUT2D eigenvalue weighted by molar-refractivity contribution is 0.0624. The van der Waals surface area contributed by atoms with Crippen molar-refractivity contribution >= 4 is 17.5 Å². The number of carbonyl (C=O) groups is 1. The van der Waals surface area contributed by atoms with E-state index in [1.807, 2.05) is 12.1 Å². The molecule has 2 aromatic carbocycles. The molecule has 0 saturated carbocycles. The molecule has 6 heteroatoms. The second kappa shape index (κ2) is 7.64. The number of carbonyl (C=O) groups excluding carboxylic acids is 1. The highest BCUT2D eigenvalue weighted by Crippen LogP contribution is 2.18. The maximum absolute atomic E-state index is 13.9. The van der Waals surface area contributed by atoms with E-state index in [0.717, 1.165) is 12.1 Å². The molecule has 1 heterocycles. The van der Waals surface area contributed by atoms with Crippen molar-refractivity contribution in [3.63, 3.8) is 0 Å². The number of nitriles is 1. The summed E-state index contributed by atoms with van der Waals surface area (Å²) in [5, 5.41) is 9.18. The maximum atomic E-state index is 13.9. The predicted molar refractivity (Wildman–Crippen MR) is 93.7 cm³/mol. The molecule has 1 amide bonds. The lowest BCUT2D eigenvalue weighted by Crippen LogP contribution is -2.48. The van der Waals surface area contributed by atoms with Crippen LogP contribution in [0.3, 0.4) is 0 Å². The van der Waals surface area contributed by atoms with Gasteiger partial charge in [0, 0.05) is 37.7 Å². The molecule has 25 heavy (non-hydrogen) atoms. The van der Waals surface area contributed by atoms with Crippen molar-refractivity contribution in [1.29, 1.82) is 5.26 Å². The summed E-state index contributed by atoms with van der Waals surface area (Å²) in [5.41, 5.74) is 1.79. The second-order valence-electron chi connectivity index (χ2n) is 6.00. The molecule has 0 bridgehead atoms. The Morgan fingerprint density at radius 3 is 2.44 bits per heavy atom. The molecule has 3 rings (SSSR count). The van der Waals surface area contributed by atoms with Gasteiger partial charge in [0.1, 0.15) is 5.82 Å². The number of nitrogens with zero attached hydrogens (tertiary/aromatic N) is 3. The molecule has 128 valence electrons. The first kappa shape index (κ1) is 17.4.